The highest BCUT2D eigenvalue weighted by molar-refractivity contribution is 7.83. The Balaban J connectivity index is 3.17. The first-order valence-electron chi connectivity index (χ1n) is 2.82. The van der Waals surface area contributed by atoms with Crippen LogP contribution in [0.4, 0.5) is 13.2 Å². The number of carboxylic acids is 1. The Hall–Kier alpha value is -0.760. The fourth-order valence-electron chi connectivity index (χ4n) is 0.573. The molecule has 0 bridgehead atoms. The van der Waals surface area contributed by atoms with Gasteiger partial charge in [0.15, 0.2) is 10.7 Å². The maximum atomic E-state index is 12.0. The fourth-order valence-corrected chi connectivity index (χ4v) is 1.64. The first-order valence-corrected chi connectivity index (χ1v) is 4.09. The number of hydrogen-bond acceptors (Lipinski definition) is 4. The molecule has 1 heterocycles. The lowest BCUT2D eigenvalue weighted by Gasteiger charge is -1.98. The van der Waals surface area contributed by atoms with Crippen molar-refractivity contribution >= 4 is 29.9 Å². The van der Waals surface area contributed by atoms with Crippen molar-refractivity contribution < 1.29 is 23.1 Å². The van der Waals surface area contributed by atoms with E-state index in [1.807, 2.05) is 0 Å². The molecule has 0 fully saturated rings. The number of hydrogen-bond donors (Lipinski definition) is 2. The summed E-state index contributed by atoms with van der Waals surface area (Å²) in [5.74, 6) is -1.52. The summed E-state index contributed by atoms with van der Waals surface area (Å²) < 4.78 is 35.6. The molecule has 0 saturated heterocycles. The molecule has 0 aliphatic heterocycles. The summed E-state index contributed by atoms with van der Waals surface area (Å²) in [6.45, 7) is 0. The monoisotopic (exact) mass is 229 g/mol. The Morgan fingerprint density at radius 1 is 1.54 bits per heavy atom. The number of thiol groups is 1. The molecule has 0 aliphatic carbocycles. The van der Waals surface area contributed by atoms with E-state index in [1.165, 1.54) is 0 Å². The lowest BCUT2D eigenvalue weighted by molar-refractivity contribution is -0.137. The predicted molar refractivity (Wildman–Crippen MR) is 41.3 cm³/mol. The molecule has 0 aromatic carbocycles. The zero-order chi connectivity index (χ0) is 10.2. The van der Waals surface area contributed by atoms with Crippen LogP contribution in [0.2, 0.25) is 0 Å². The van der Waals surface area contributed by atoms with Crippen LogP contribution in [0.3, 0.4) is 0 Å². The van der Waals surface area contributed by atoms with Gasteiger partial charge >= 0.3 is 12.1 Å². The van der Waals surface area contributed by atoms with Gasteiger partial charge < -0.3 is 5.11 Å². The summed E-state index contributed by atoms with van der Waals surface area (Å²) in [4.78, 5) is 13.2. The zero-order valence-electron chi connectivity index (χ0n) is 5.79. The Labute approximate surface area is 79.6 Å². The van der Waals surface area contributed by atoms with Crippen LogP contribution in [-0.2, 0) is 6.18 Å². The van der Waals surface area contributed by atoms with Crippen molar-refractivity contribution in [3.63, 3.8) is 0 Å². The van der Waals surface area contributed by atoms with Crippen LogP contribution >= 0.6 is 24.0 Å². The number of aromatic nitrogens is 1. The number of rotatable bonds is 1. The molecule has 8 heteroatoms. The second-order valence-corrected chi connectivity index (χ2v) is 3.72. The maximum absolute atomic E-state index is 12.0. The van der Waals surface area contributed by atoms with Crippen LogP contribution in [0, 0.1) is 0 Å². The molecule has 0 saturated carbocycles. The molecule has 1 N–H and O–H groups in total. The largest absolute Gasteiger partial charge is 0.476 e. The number of halogens is 3. The van der Waals surface area contributed by atoms with Crippen LogP contribution in [0.25, 0.3) is 0 Å². The molecule has 0 amide bonds. The van der Waals surface area contributed by atoms with E-state index in [0.29, 0.717) is 0 Å². The number of carbonyl (C=O) groups is 1. The van der Waals surface area contributed by atoms with Crippen molar-refractivity contribution in [3.8, 4) is 0 Å². The van der Waals surface area contributed by atoms with Gasteiger partial charge in [-0.1, -0.05) is 0 Å². The van der Waals surface area contributed by atoms with Crippen LogP contribution < -0.4 is 0 Å². The standard InChI is InChI=1S/C5H2F3NO2S2/c6-5(7,8)4-9-1(2(10)11)3(12)13-4/h12H,(H,10,11). The average Bonchev–Trinajstić information content (AvgIpc) is 2.29. The van der Waals surface area contributed by atoms with Crippen molar-refractivity contribution in [2.24, 2.45) is 0 Å². The quantitative estimate of drug-likeness (QED) is 0.725. The van der Waals surface area contributed by atoms with E-state index >= 15 is 0 Å². The molecule has 1 aromatic rings. The number of nitrogens with zero attached hydrogens (tertiary/aromatic N) is 1. The molecule has 0 unspecified atom stereocenters. The lowest BCUT2D eigenvalue weighted by atomic mass is 10.5. The third kappa shape index (κ3) is 2.13. The van der Waals surface area contributed by atoms with Gasteiger partial charge in [0.1, 0.15) is 0 Å². The summed E-state index contributed by atoms with van der Waals surface area (Å²) in [5, 5.41) is 7.17. The first-order chi connectivity index (χ1) is 5.82. The van der Waals surface area contributed by atoms with Crippen molar-refractivity contribution in [1.82, 2.24) is 4.98 Å². The average molecular weight is 229 g/mol. The Kier molecular flexibility index (Phi) is 2.53. The van der Waals surface area contributed by atoms with E-state index in [9.17, 15) is 18.0 Å². The molecular formula is C5H2F3NO2S2. The molecule has 1 rings (SSSR count). The molecule has 0 radical (unpaired) electrons. The van der Waals surface area contributed by atoms with Gasteiger partial charge in [0.25, 0.3) is 0 Å². The third-order valence-corrected chi connectivity index (χ3v) is 2.44. The fraction of sp³-hybridized carbons (Fsp3) is 0.200. The second-order valence-electron chi connectivity index (χ2n) is 1.98. The summed E-state index contributed by atoms with van der Waals surface area (Å²) in [6.07, 6.45) is -4.62. The van der Waals surface area contributed by atoms with E-state index in [2.05, 4.69) is 17.6 Å². The minimum atomic E-state index is -4.62. The molecule has 0 atom stereocenters. The van der Waals surface area contributed by atoms with E-state index in [4.69, 9.17) is 5.11 Å². The number of aromatic carboxylic acids is 1. The molecule has 13 heavy (non-hydrogen) atoms. The van der Waals surface area contributed by atoms with E-state index in [0.717, 1.165) is 0 Å². The highest BCUT2D eigenvalue weighted by atomic mass is 32.2. The normalized spacial score (nSPS) is 11.7. The summed E-state index contributed by atoms with van der Waals surface area (Å²) in [6, 6.07) is 0. The predicted octanol–water partition coefficient (Wildman–Crippen LogP) is 2.15. The Morgan fingerprint density at radius 2 is 2.08 bits per heavy atom. The smallest absolute Gasteiger partial charge is 0.443 e. The summed E-state index contributed by atoms with van der Waals surface area (Å²) in [5.41, 5.74) is -0.666. The van der Waals surface area contributed by atoms with Gasteiger partial charge in [-0.05, 0) is 0 Å². The molecule has 0 aliphatic rings. The van der Waals surface area contributed by atoms with Crippen LogP contribution in [0.5, 0.6) is 0 Å². The Morgan fingerprint density at radius 3 is 2.31 bits per heavy atom. The number of alkyl halides is 3. The van der Waals surface area contributed by atoms with E-state index in [-0.39, 0.29) is 15.5 Å². The van der Waals surface area contributed by atoms with Gasteiger partial charge in [-0.15, -0.1) is 24.0 Å². The van der Waals surface area contributed by atoms with Crippen LogP contribution in [-0.4, -0.2) is 16.1 Å². The lowest BCUT2D eigenvalue weighted by Crippen LogP contribution is -2.05. The molecule has 1 aromatic heterocycles. The van der Waals surface area contributed by atoms with Gasteiger partial charge in [0.05, 0.1) is 4.21 Å². The minimum absolute atomic E-state index is 0.197. The van der Waals surface area contributed by atoms with Crippen molar-refractivity contribution in [1.29, 1.82) is 0 Å². The highest BCUT2D eigenvalue weighted by Gasteiger charge is 2.36. The zero-order valence-corrected chi connectivity index (χ0v) is 7.50. The maximum Gasteiger partial charge on any atom is 0.443 e. The van der Waals surface area contributed by atoms with Gasteiger partial charge in [-0.25, -0.2) is 9.78 Å². The van der Waals surface area contributed by atoms with Crippen LogP contribution in [0.1, 0.15) is 15.5 Å². The van der Waals surface area contributed by atoms with Crippen molar-refractivity contribution in [2.45, 2.75) is 10.4 Å². The van der Waals surface area contributed by atoms with E-state index < -0.39 is 22.8 Å². The summed E-state index contributed by atoms with van der Waals surface area (Å²) in [7, 11) is 0. The van der Waals surface area contributed by atoms with Gasteiger partial charge in [-0.2, -0.15) is 13.2 Å². The topological polar surface area (TPSA) is 50.2 Å². The van der Waals surface area contributed by atoms with Gasteiger partial charge in [0, 0.05) is 0 Å². The highest BCUT2D eigenvalue weighted by Crippen LogP contribution is 2.35. The molecular weight excluding hydrogens is 227 g/mol. The first kappa shape index (κ1) is 10.3. The van der Waals surface area contributed by atoms with Crippen molar-refractivity contribution in [2.75, 3.05) is 0 Å². The van der Waals surface area contributed by atoms with Gasteiger partial charge in [-0.3, -0.25) is 0 Å². The minimum Gasteiger partial charge on any atom is -0.476 e. The SMILES string of the molecule is O=C(O)c1nc(C(F)(F)F)sc1S. The molecule has 3 nitrogen and oxygen atoms in total. The van der Waals surface area contributed by atoms with E-state index in [1.54, 1.807) is 0 Å². The third-order valence-electron chi connectivity index (χ3n) is 1.05. The van der Waals surface area contributed by atoms with Crippen molar-refractivity contribution in [3.05, 3.63) is 10.7 Å². The second kappa shape index (κ2) is 3.18. The molecule has 72 valence electrons. The van der Waals surface area contributed by atoms with Crippen LogP contribution in [0.15, 0.2) is 4.21 Å². The Bertz CT molecular complexity index is 346. The molecule has 0 spiro atoms. The number of thiazole rings is 1. The summed E-state index contributed by atoms with van der Waals surface area (Å²) >= 11 is 3.76. The van der Waals surface area contributed by atoms with Gasteiger partial charge in [0.2, 0.25) is 0 Å². The number of carboxylic acid groups (broad SMARTS) is 1.